The number of benzene rings is 2. The molecule has 0 atom stereocenters. The van der Waals surface area contributed by atoms with Crippen LogP contribution in [0.5, 0.6) is 11.5 Å². The lowest BCUT2D eigenvalue weighted by atomic mass is 10.2. The maximum Gasteiger partial charge on any atom is 0.180 e. The Balaban J connectivity index is 1.69. The number of ether oxygens (including phenoxy) is 2. The number of rotatable bonds is 9. The summed E-state index contributed by atoms with van der Waals surface area (Å²) in [6.07, 6.45) is 1.65. The molecular weight excluding hydrogens is 421 g/mol. The molecule has 0 aliphatic heterocycles. The van der Waals surface area contributed by atoms with Gasteiger partial charge in [0.15, 0.2) is 11.5 Å². The van der Waals surface area contributed by atoms with Crippen LogP contribution in [0.1, 0.15) is 23.8 Å². The van der Waals surface area contributed by atoms with Gasteiger partial charge < -0.3 is 19.2 Å². The Hall–Kier alpha value is -1.85. The van der Waals surface area contributed by atoms with Gasteiger partial charge in [-0.3, -0.25) is 0 Å². The lowest BCUT2D eigenvalue weighted by molar-refractivity contribution is 0.269. The van der Waals surface area contributed by atoms with Crippen molar-refractivity contribution in [2.24, 2.45) is 0 Å². The third-order valence-electron chi connectivity index (χ3n) is 3.94. The lowest BCUT2D eigenvalue weighted by Crippen LogP contribution is -2.12. The van der Waals surface area contributed by atoms with Gasteiger partial charge in [-0.2, -0.15) is 0 Å². The van der Waals surface area contributed by atoms with Gasteiger partial charge in [-0.25, -0.2) is 0 Å². The molecule has 0 amide bonds. The Labute approximate surface area is 179 Å². The first-order chi connectivity index (χ1) is 13.6. The molecule has 28 heavy (non-hydrogen) atoms. The van der Waals surface area contributed by atoms with Crippen LogP contribution in [-0.4, -0.2) is 6.61 Å². The number of nitrogens with one attached hydrogen (secondary N) is 1. The Kier molecular flexibility index (Phi) is 7.51. The summed E-state index contributed by atoms with van der Waals surface area (Å²) in [5.74, 6) is 1.98. The van der Waals surface area contributed by atoms with Crippen LogP contribution < -0.4 is 14.8 Å². The van der Waals surface area contributed by atoms with Crippen LogP contribution in [0.4, 0.5) is 0 Å². The second kappa shape index (κ2) is 10.1. The van der Waals surface area contributed by atoms with E-state index < -0.39 is 0 Å². The van der Waals surface area contributed by atoms with Crippen LogP contribution >= 0.6 is 34.8 Å². The van der Waals surface area contributed by atoms with Gasteiger partial charge in [-0.15, -0.1) is 0 Å². The molecular formula is C21H20Cl3NO3. The highest BCUT2D eigenvalue weighted by Gasteiger charge is 2.13. The predicted molar refractivity (Wildman–Crippen MR) is 113 cm³/mol. The van der Waals surface area contributed by atoms with Gasteiger partial charge in [-0.05, 0) is 54.4 Å². The third-order valence-corrected chi connectivity index (χ3v) is 4.96. The molecule has 4 nitrogen and oxygen atoms in total. The Morgan fingerprint density at radius 3 is 2.43 bits per heavy atom. The Bertz CT molecular complexity index is 914. The van der Waals surface area contributed by atoms with Crippen LogP contribution in [0.2, 0.25) is 15.1 Å². The van der Waals surface area contributed by atoms with Gasteiger partial charge in [0.1, 0.15) is 12.4 Å². The van der Waals surface area contributed by atoms with Gasteiger partial charge in [0.2, 0.25) is 0 Å². The number of halogens is 3. The van der Waals surface area contributed by atoms with Gasteiger partial charge in [-0.1, -0.05) is 40.9 Å². The first-order valence-electron chi connectivity index (χ1n) is 8.82. The molecule has 0 aliphatic rings. The quantitative estimate of drug-likeness (QED) is 0.412. The topological polar surface area (TPSA) is 43.6 Å². The standard InChI is InChI=1S/C21H20Cl3NO3/c1-2-26-20-10-15(11-25-12-16-4-3-7-27-16)9-19(24)21(20)28-13-14-5-6-17(22)18(23)8-14/h3-10,25H,2,11-13H2,1H3. The van der Waals surface area contributed by atoms with Gasteiger partial charge in [0.25, 0.3) is 0 Å². The highest BCUT2D eigenvalue weighted by Crippen LogP contribution is 2.37. The monoisotopic (exact) mass is 439 g/mol. The molecule has 0 spiro atoms. The summed E-state index contributed by atoms with van der Waals surface area (Å²) in [4.78, 5) is 0. The average Bonchev–Trinajstić information content (AvgIpc) is 3.17. The zero-order valence-corrected chi connectivity index (χ0v) is 17.6. The number of hydrogen-bond donors (Lipinski definition) is 1. The van der Waals surface area contributed by atoms with E-state index in [-0.39, 0.29) is 0 Å². The third kappa shape index (κ3) is 5.58. The van der Waals surface area contributed by atoms with Gasteiger partial charge >= 0.3 is 0 Å². The van der Waals surface area contributed by atoms with Crippen molar-refractivity contribution in [2.45, 2.75) is 26.6 Å². The minimum Gasteiger partial charge on any atom is -0.490 e. The number of hydrogen-bond acceptors (Lipinski definition) is 4. The summed E-state index contributed by atoms with van der Waals surface area (Å²) in [6.45, 7) is 3.96. The fourth-order valence-corrected chi connectivity index (χ4v) is 3.26. The molecule has 148 valence electrons. The largest absolute Gasteiger partial charge is 0.490 e. The van der Waals surface area contributed by atoms with Gasteiger partial charge in [0.05, 0.1) is 34.5 Å². The predicted octanol–water partition coefficient (Wildman–Crippen LogP) is 6.51. The lowest BCUT2D eigenvalue weighted by Gasteiger charge is -2.16. The van der Waals surface area contributed by atoms with E-state index in [4.69, 9.17) is 48.7 Å². The minimum absolute atomic E-state index is 0.298. The summed E-state index contributed by atoms with van der Waals surface area (Å²) in [5.41, 5.74) is 1.87. The Morgan fingerprint density at radius 1 is 0.893 bits per heavy atom. The van der Waals surface area contributed by atoms with Crippen molar-refractivity contribution in [3.05, 3.63) is 80.7 Å². The molecule has 3 aromatic rings. The molecule has 0 aliphatic carbocycles. The van der Waals surface area contributed by atoms with Crippen LogP contribution in [0.15, 0.2) is 53.1 Å². The highest BCUT2D eigenvalue weighted by molar-refractivity contribution is 6.42. The maximum absolute atomic E-state index is 6.47. The second-order valence-corrected chi connectivity index (χ2v) is 7.28. The van der Waals surface area contributed by atoms with Crippen molar-refractivity contribution >= 4 is 34.8 Å². The van der Waals surface area contributed by atoms with Crippen molar-refractivity contribution < 1.29 is 13.9 Å². The van der Waals surface area contributed by atoms with Crippen LogP contribution in [-0.2, 0) is 19.7 Å². The Morgan fingerprint density at radius 2 is 1.71 bits per heavy atom. The smallest absolute Gasteiger partial charge is 0.180 e. The normalized spacial score (nSPS) is 10.9. The van der Waals surface area contributed by atoms with E-state index in [0.717, 1.165) is 16.9 Å². The van der Waals surface area contributed by atoms with Gasteiger partial charge in [0, 0.05) is 6.54 Å². The molecule has 1 heterocycles. The molecule has 0 fully saturated rings. The fourth-order valence-electron chi connectivity index (χ4n) is 2.65. The molecule has 1 N–H and O–H groups in total. The first kappa shape index (κ1) is 20.9. The molecule has 2 aromatic carbocycles. The summed E-state index contributed by atoms with van der Waals surface area (Å²) >= 11 is 18.5. The summed E-state index contributed by atoms with van der Waals surface area (Å²) < 4.78 is 17.0. The van der Waals surface area contributed by atoms with E-state index >= 15 is 0 Å². The zero-order valence-electron chi connectivity index (χ0n) is 15.3. The number of furan rings is 1. The SMILES string of the molecule is CCOc1cc(CNCc2ccco2)cc(Cl)c1OCc1ccc(Cl)c(Cl)c1. The van der Waals surface area contributed by atoms with Crippen molar-refractivity contribution in [1.82, 2.24) is 5.32 Å². The van der Waals surface area contributed by atoms with Crippen LogP contribution in [0.3, 0.4) is 0 Å². The molecule has 7 heteroatoms. The van der Waals surface area contributed by atoms with E-state index in [2.05, 4.69) is 5.32 Å². The van der Waals surface area contributed by atoms with E-state index in [9.17, 15) is 0 Å². The second-order valence-electron chi connectivity index (χ2n) is 6.06. The summed E-state index contributed by atoms with van der Waals surface area (Å²) in [7, 11) is 0. The van der Waals surface area contributed by atoms with Crippen molar-refractivity contribution in [1.29, 1.82) is 0 Å². The van der Waals surface area contributed by atoms with Crippen molar-refractivity contribution in [2.75, 3.05) is 6.61 Å². The zero-order chi connectivity index (χ0) is 19.9. The molecule has 0 bridgehead atoms. The van der Waals surface area contributed by atoms with E-state index in [1.165, 1.54) is 0 Å². The maximum atomic E-state index is 6.47. The molecule has 3 rings (SSSR count). The molecule has 0 radical (unpaired) electrons. The average molecular weight is 441 g/mol. The first-order valence-corrected chi connectivity index (χ1v) is 9.95. The highest BCUT2D eigenvalue weighted by atomic mass is 35.5. The molecule has 0 saturated carbocycles. The molecule has 0 saturated heterocycles. The van der Waals surface area contributed by atoms with Crippen LogP contribution in [0, 0.1) is 0 Å². The summed E-state index contributed by atoms with van der Waals surface area (Å²) in [5, 5.41) is 4.79. The van der Waals surface area contributed by atoms with E-state index in [1.54, 1.807) is 18.4 Å². The van der Waals surface area contributed by atoms with Crippen LogP contribution in [0.25, 0.3) is 0 Å². The van der Waals surface area contributed by atoms with E-state index in [1.807, 2.05) is 37.3 Å². The van der Waals surface area contributed by atoms with E-state index in [0.29, 0.717) is 52.9 Å². The van der Waals surface area contributed by atoms with Crippen molar-refractivity contribution in [3.8, 4) is 11.5 Å². The minimum atomic E-state index is 0.298. The fraction of sp³-hybridized carbons (Fsp3) is 0.238. The summed E-state index contributed by atoms with van der Waals surface area (Å²) in [6, 6.07) is 12.9. The molecule has 1 aromatic heterocycles. The van der Waals surface area contributed by atoms with Crippen molar-refractivity contribution in [3.63, 3.8) is 0 Å². The molecule has 0 unspecified atom stereocenters.